The summed E-state index contributed by atoms with van der Waals surface area (Å²) in [5.74, 6) is -0.000791. The van der Waals surface area contributed by atoms with Crippen molar-refractivity contribution in [3.05, 3.63) is 48.0 Å². The van der Waals surface area contributed by atoms with Crippen LogP contribution in [0.2, 0.25) is 0 Å². The van der Waals surface area contributed by atoms with Crippen molar-refractivity contribution in [1.82, 2.24) is 15.1 Å². The minimum atomic E-state index is -0.372. The van der Waals surface area contributed by atoms with E-state index in [1.165, 1.54) is 24.5 Å². The Labute approximate surface area is 113 Å². The molecule has 0 unspecified atom stereocenters. The fourth-order valence-electron chi connectivity index (χ4n) is 1.84. The molecule has 0 amide bonds. The topological polar surface area (TPSA) is 72.0 Å². The molecule has 0 saturated carbocycles. The highest BCUT2D eigenvalue weighted by Gasteiger charge is 2.15. The number of aromatic hydroxyl groups is 1. The maximum absolute atomic E-state index is 13.3. The third-order valence-electron chi connectivity index (χ3n) is 2.90. The van der Waals surface area contributed by atoms with Crippen molar-refractivity contribution in [1.29, 1.82) is 0 Å². The number of rotatable bonds is 2. The van der Waals surface area contributed by atoms with E-state index in [4.69, 9.17) is 4.52 Å². The first-order chi connectivity index (χ1) is 9.65. The molecule has 5 nitrogen and oxygen atoms in total. The Morgan fingerprint density at radius 3 is 2.85 bits per heavy atom. The molecule has 0 atom stereocenters. The average Bonchev–Trinajstić information content (AvgIpc) is 2.91. The normalized spacial score (nSPS) is 10.7. The Bertz CT molecular complexity index is 771. The molecule has 1 N–H and O–H groups in total. The number of aromatic nitrogens is 3. The summed E-state index contributed by atoms with van der Waals surface area (Å²) >= 11 is 0. The third-order valence-corrected chi connectivity index (χ3v) is 2.90. The lowest BCUT2D eigenvalue weighted by Crippen LogP contribution is -1.87. The van der Waals surface area contributed by atoms with Gasteiger partial charge < -0.3 is 9.63 Å². The van der Waals surface area contributed by atoms with Gasteiger partial charge in [-0.1, -0.05) is 11.2 Å². The zero-order valence-corrected chi connectivity index (χ0v) is 10.5. The van der Waals surface area contributed by atoms with E-state index in [1.54, 1.807) is 12.1 Å². The van der Waals surface area contributed by atoms with Gasteiger partial charge >= 0.3 is 0 Å². The molecule has 0 saturated heterocycles. The molecule has 0 spiro atoms. The van der Waals surface area contributed by atoms with Crippen LogP contribution in [0.1, 0.15) is 5.56 Å². The van der Waals surface area contributed by atoms with E-state index in [-0.39, 0.29) is 23.3 Å². The molecule has 0 aliphatic carbocycles. The van der Waals surface area contributed by atoms with Gasteiger partial charge in [0.1, 0.15) is 11.6 Å². The molecule has 0 radical (unpaired) electrons. The summed E-state index contributed by atoms with van der Waals surface area (Å²) in [5.41, 5.74) is 1.76. The van der Waals surface area contributed by atoms with Gasteiger partial charge in [0.15, 0.2) is 0 Å². The Morgan fingerprint density at radius 1 is 1.20 bits per heavy atom. The van der Waals surface area contributed by atoms with Crippen LogP contribution in [0, 0.1) is 12.7 Å². The lowest BCUT2D eigenvalue weighted by atomic mass is 10.1. The predicted molar refractivity (Wildman–Crippen MR) is 69.3 cm³/mol. The Kier molecular flexibility index (Phi) is 2.90. The zero-order valence-electron chi connectivity index (χ0n) is 10.5. The summed E-state index contributed by atoms with van der Waals surface area (Å²) in [6.07, 6.45) is 2.79. The van der Waals surface area contributed by atoms with E-state index in [0.29, 0.717) is 11.1 Å². The Hall–Kier alpha value is -2.76. The fourth-order valence-corrected chi connectivity index (χ4v) is 1.84. The molecule has 6 heteroatoms. The molecule has 20 heavy (non-hydrogen) atoms. The van der Waals surface area contributed by atoms with E-state index in [2.05, 4.69) is 15.1 Å². The van der Waals surface area contributed by atoms with Gasteiger partial charge in [-0.3, -0.25) is 4.98 Å². The standard InChI is InChI=1S/C14H10FN3O2/c1-8-2-3-9(15)6-11(8)13-17-14(20-18-13)10-4-5-16-7-12(10)19/h2-7,19H,1H3. The molecular formula is C14H10FN3O2. The highest BCUT2D eigenvalue weighted by molar-refractivity contribution is 5.65. The second kappa shape index (κ2) is 4.73. The van der Waals surface area contributed by atoms with Crippen molar-refractivity contribution in [3.8, 4) is 28.6 Å². The van der Waals surface area contributed by atoms with Gasteiger partial charge in [0.25, 0.3) is 5.89 Å². The molecule has 3 aromatic rings. The molecule has 0 bridgehead atoms. The van der Waals surface area contributed by atoms with E-state index in [0.717, 1.165) is 5.56 Å². The minimum absolute atomic E-state index is 0.0568. The molecule has 1 aromatic carbocycles. The SMILES string of the molecule is Cc1ccc(F)cc1-c1noc(-c2ccncc2O)n1. The van der Waals surface area contributed by atoms with Crippen molar-refractivity contribution in [2.24, 2.45) is 0 Å². The molecule has 0 aliphatic rings. The summed E-state index contributed by atoms with van der Waals surface area (Å²) in [5, 5.41) is 13.5. The molecular weight excluding hydrogens is 261 g/mol. The van der Waals surface area contributed by atoms with Crippen LogP contribution in [0.3, 0.4) is 0 Å². The smallest absolute Gasteiger partial charge is 0.262 e. The number of aryl methyl sites for hydroxylation is 1. The highest BCUT2D eigenvalue weighted by atomic mass is 19.1. The summed E-state index contributed by atoms with van der Waals surface area (Å²) in [6, 6.07) is 5.92. The largest absolute Gasteiger partial charge is 0.505 e. The van der Waals surface area contributed by atoms with E-state index in [1.807, 2.05) is 6.92 Å². The molecule has 3 rings (SSSR count). The van der Waals surface area contributed by atoms with Crippen LogP contribution in [0.15, 0.2) is 41.2 Å². The summed E-state index contributed by atoms with van der Waals surface area (Å²) in [6.45, 7) is 1.83. The maximum atomic E-state index is 13.3. The molecule has 2 aromatic heterocycles. The lowest BCUT2D eigenvalue weighted by Gasteiger charge is -2.00. The van der Waals surface area contributed by atoms with Crippen LogP contribution in [0.4, 0.5) is 4.39 Å². The van der Waals surface area contributed by atoms with Gasteiger partial charge in [0, 0.05) is 11.8 Å². The second-order valence-electron chi connectivity index (χ2n) is 4.28. The van der Waals surface area contributed by atoms with Crippen LogP contribution in [-0.4, -0.2) is 20.2 Å². The first kappa shape index (κ1) is 12.3. The van der Waals surface area contributed by atoms with Crippen molar-refractivity contribution in [3.63, 3.8) is 0 Å². The first-order valence-corrected chi connectivity index (χ1v) is 5.89. The number of hydrogen-bond donors (Lipinski definition) is 1. The van der Waals surface area contributed by atoms with Gasteiger partial charge in [-0.15, -0.1) is 0 Å². The number of pyridine rings is 1. The molecule has 0 fully saturated rings. The molecule has 0 aliphatic heterocycles. The van der Waals surface area contributed by atoms with Gasteiger partial charge in [0.05, 0.1) is 11.8 Å². The van der Waals surface area contributed by atoms with Crippen LogP contribution >= 0.6 is 0 Å². The second-order valence-corrected chi connectivity index (χ2v) is 4.28. The number of benzene rings is 1. The van der Waals surface area contributed by atoms with E-state index >= 15 is 0 Å². The number of hydrogen-bond acceptors (Lipinski definition) is 5. The van der Waals surface area contributed by atoms with Crippen LogP contribution in [0.5, 0.6) is 5.75 Å². The van der Waals surface area contributed by atoms with E-state index < -0.39 is 0 Å². The molecule has 2 heterocycles. The van der Waals surface area contributed by atoms with Crippen molar-refractivity contribution in [2.45, 2.75) is 6.92 Å². The van der Waals surface area contributed by atoms with Crippen molar-refractivity contribution >= 4 is 0 Å². The van der Waals surface area contributed by atoms with E-state index in [9.17, 15) is 9.50 Å². The summed E-state index contributed by atoms with van der Waals surface area (Å²) < 4.78 is 18.4. The van der Waals surface area contributed by atoms with Gasteiger partial charge in [-0.2, -0.15) is 4.98 Å². The Balaban J connectivity index is 2.07. The van der Waals surface area contributed by atoms with Gasteiger partial charge in [-0.25, -0.2) is 4.39 Å². The van der Waals surface area contributed by atoms with Gasteiger partial charge in [-0.05, 0) is 30.7 Å². The fraction of sp³-hybridized carbons (Fsp3) is 0.0714. The first-order valence-electron chi connectivity index (χ1n) is 5.89. The summed E-state index contributed by atoms with van der Waals surface area (Å²) in [7, 11) is 0. The van der Waals surface area contributed by atoms with Crippen LogP contribution in [-0.2, 0) is 0 Å². The predicted octanol–water partition coefficient (Wildman–Crippen LogP) is 2.95. The van der Waals surface area contributed by atoms with Crippen LogP contribution in [0.25, 0.3) is 22.8 Å². The van der Waals surface area contributed by atoms with Crippen molar-refractivity contribution < 1.29 is 14.0 Å². The highest BCUT2D eigenvalue weighted by Crippen LogP contribution is 2.29. The third kappa shape index (κ3) is 2.11. The lowest BCUT2D eigenvalue weighted by molar-refractivity contribution is 0.425. The number of halogens is 1. The quantitative estimate of drug-likeness (QED) is 0.775. The number of nitrogens with zero attached hydrogens (tertiary/aromatic N) is 3. The maximum Gasteiger partial charge on any atom is 0.262 e. The Morgan fingerprint density at radius 2 is 2.05 bits per heavy atom. The van der Waals surface area contributed by atoms with Crippen LogP contribution < -0.4 is 0 Å². The minimum Gasteiger partial charge on any atom is -0.505 e. The monoisotopic (exact) mass is 271 g/mol. The zero-order chi connectivity index (χ0) is 14.1. The average molecular weight is 271 g/mol. The summed E-state index contributed by atoms with van der Waals surface area (Å²) in [4.78, 5) is 7.95. The van der Waals surface area contributed by atoms with Gasteiger partial charge in [0.2, 0.25) is 5.82 Å². The van der Waals surface area contributed by atoms with Crippen molar-refractivity contribution in [2.75, 3.05) is 0 Å². The molecule has 100 valence electrons.